The lowest BCUT2D eigenvalue weighted by Gasteiger charge is -2.35. The van der Waals surface area contributed by atoms with Crippen molar-refractivity contribution in [3.05, 3.63) is 58.2 Å². The number of fused-ring (bicyclic) bond motifs is 2. The molecular formula is C21H21F3N6O2. The Hall–Kier alpha value is -3.50. The van der Waals surface area contributed by atoms with Gasteiger partial charge in [-0.1, -0.05) is 24.3 Å². The summed E-state index contributed by atoms with van der Waals surface area (Å²) in [5.41, 5.74) is 9.00. The third-order valence-corrected chi connectivity index (χ3v) is 5.79. The number of benzene rings is 1. The number of aryl methyl sites for hydroxylation is 2. The van der Waals surface area contributed by atoms with E-state index in [1.807, 2.05) is 24.3 Å². The zero-order valence-corrected chi connectivity index (χ0v) is 17.5. The smallest absolute Gasteiger partial charge is 0.368 e. The molecule has 0 spiro atoms. The highest BCUT2D eigenvalue weighted by Gasteiger charge is 2.37. The second kappa shape index (κ2) is 7.88. The monoisotopic (exact) mass is 446 g/mol. The van der Waals surface area contributed by atoms with Gasteiger partial charge in [0.25, 0.3) is 11.6 Å². The number of primary amides is 1. The fraction of sp³-hybridized carbons (Fsp3) is 0.381. The van der Waals surface area contributed by atoms with Crippen molar-refractivity contribution < 1.29 is 22.8 Å². The van der Waals surface area contributed by atoms with Gasteiger partial charge in [0.05, 0.1) is 0 Å². The molecule has 2 amide bonds. The number of rotatable bonds is 4. The number of aromatic nitrogens is 4. The molecule has 0 bridgehead atoms. The topological polar surface area (TPSA) is 106 Å². The molecular weight excluding hydrogens is 425 g/mol. The highest BCUT2D eigenvalue weighted by molar-refractivity contribution is 5.87. The van der Waals surface area contributed by atoms with E-state index in [2.05, 4.69) is 15.1 Å². The third kappa shape index (κ3) is 3.90. The van der Waals surface area contributed by atoms with Crippen molar-refractivity contribution in [1.82, 2.24) is 24.5 Å². The molecule has 0 saturated heterocycles. The maximum atomic E-state index is 13.0. The van der Waals surface area contributed by atoms with Gasteiger partial charge in [0.15, 0.2) is 0 Å². The number of carbonyl (C=O) groups is 2. The van der Waals surface area contributed by atoms with E-state index in [-0.39, 0.29) is 31.1 Å². The maximum Gasteiger partial charge on any atom is 0.453 e. The Bertz CT molecular complexity index is 1220. The van der Waals surface area contributed by atoms with Gasteiger partial charge in [-0.15, -0.1) is 5.10 Å². The summed E-state index contributed by atoms with van der Waals surface area (Å²) in [6.07, 6.45) is -4.06. The second-order valence-electron chi connectivity index (χ2n) is 7.82. The molecule has 1 aliphatic rings. The van der Waals surface area contributed by atoms with Crippen molar-refractivity contribution in [3.63, 3.8) is 0 Å². The molecule has 3 aromatic rings. The molecule has 0 aliphatic carbocycles. The molecule has 1 aromatic carbocycles. The summed E-state index contributed by atoms with van der Waals surface area (Å²) >= 11 is 0. The van der Waals surface area contributed by atoms with Crippen molar-refractivity contribution in [2.45, 2.75) is 51.9 Å². The zero-order chi connectivity index (χ0) is 23.2. The van der Waals surface area contributed by atoms with Crippen LogP contribution in [-0.2, 0) is 35.2 Å². The molecule has 1 atom stereocenters. The van der Waals surface area contributed by atoms with E-state index < -0.39 is 23.9 Å². The molecule has 3 heterocycles. The molecule has 32 heavy (non-hydrogen) atoms. The first-order valence-corrected chi connectivity index (χ1v) is 10.0. The maximum absolute atomic E-state index is 13.0. The van der Waals surface area contributed by atoms with E-state index in [0.717, 1.165) is 15.6 Å². The minimum absolute atomic E-state index is 0.0433. The molecule has 168 valence electrons. The lowest BCUT2D eigenvalue weighted by Crippen LogP contribution is -2.51. The lowest BCUT2D eigenvalue weighted by molar-refractivity contribution is -0.144. The number of nitrogens with two attached hydrogens (primary N) is 1. The van der Waals surface area contributed by atoms with Gasteiger partial charge in [0, 0.05) is 30.8 Å². The quantitative estimate of drug-likeness (QED) is 0.661. The summed E-state index contributed by atoms with van der Waals surface area (Å²) in [7, 11) is 0. The SMILES string of the molecule is Cc1nc2nc(C(F)(F)F)nn2c(C)c1CCC(=O)N1Cc2ccccc2C[C@H]1C(N)=O. The Morgan fingerprint density at radius 3 is 2.50 bits per heavy atom. The van der Waals surface area contributed by atoms with E-state index in [1.54, 1.807) is 13.8 Å². The molecule has 2 aromatic heterocycles. The summed E-state index contributed by atoms with van der Waals surface area (Å²) < 4.78 is 40.0. The van der Waals surface area contributed by atoms with E-state index in [9.17, 15) is 22.8 Å². The number of amides is 2. The predicted octanol–water partition coefficient (Wildman–Crippen LogP) is 2.13. The van der Waals surface area contributed by atoms with Gasteiger partial charge in [-0.05, 0) is 37.0 Å². The Labute approximate surface area is 181 Å². The zero-order valence-electron chi connectivity index (χ0n) is 17.5. The minimum atomic E-state index is -4.68. The summed E-state index contributed by atoms with van der Waals surface area (Å²) in [6.45, 7) is 3.54. The van der Waals surface area contributed by atoms with Crippen LogP contribution >= 0.6 is 0 Å². The molecule has 8 nitrogen and oxygen atoms in total. The molecule has 0 saturated carbocycles. The number of nitrogens with zero attached hydrogens (tertiary/aromatic N) is 5. The second-order valence-corrected chi connectivity index (χ2v) is 7.82. The van der Waals surface area contributed by atoms with Crippen LogP contribution in [0.3, 0.4) is 0 Å². The van der Waals surface area contributed by atoms with Crippen molar-refractivity contribution in [1.29, 1.82) is 0 Å². The Kier molecular flexibility index (Phi) is 5.35. The molecule has 11 heteroatoms. The average molecular weight is 446 g/mol. The van der Waals surface area contributed by atoms with Crippen LogP contribution in [0.1, 0.15) is 40.3 Å². The summed E-state index contributed by atoms with van der Waals surface area (Å²) in [5.74, 6) is -2.26. The first-order chi connectivity index (χ1) is 15.1. The molecule has 2 N–H and O–H groups in total. The van der Waals surface area contributed by atoms with Crippen LogP contribution in [-0.4, -0.2) is 42.3 Å². The molecule has 4 rings (SSSR count). The highest BCUT2D eigenvalue weighted by Crippen LogP contribution is 2.28. The highest BCUT2D eigenvalue weighted by atomic mass is 19.4. The van der Waals surface area contributed by atoms with Crippen molar-refractivity contribution >= 4 is 17.6 Å². The van der Waals surface area contributed by atoms with Crippen molar-refractivity contribution in [2.24, 2.45) is 5.73 Å². The van der Waals surface area contributed by atoms with Gasteiger partial charge in [0.1, 0.15) is 6.04 Å². The van der Waals surface area contributed by atoms with Crippen LogP contribution in [0.15, 0.2) is 24.3 Å². The Morgan fingerprint density at radius 2 is 1.84 bits per heavy atom. The average Bonchev–Trinajstić information content (AvgIpc) is 3.17. The first-order valence-electron chi connectivity index (χ1n) is 10.0. The minimum Gasteiger partial charge on any atom is -0.368 e. The van der Waals surface area contributed by atoms with Crippen LogP contribution < -0.4 is 5.73 Å². The Balaban J connectivity index is 1.57. The van der Waals surface area contributed by atoms with Crippen LogP contribution in [0.4, 0.5) is 13.2 Å². The molecule has 0 radical (unpaired) electrons. The molecule has 1 aliphatic heterocycles. The van der Waals surface area contributed by atoms with Gasteiger partial charge in [-0.3, -0.25) is 9.59 Å². The van der Waals surface area contributed by atoms with Gasteiger partial charge < -0.3 is 10.6 Å². The normalized spacial score (nSPS) is 16.3. The van der Waals surface area contributed by atoms with Gasteiger partial charge >= 0.3 is 6.18 Å². The van der Waals surface area contributed by atoms with Crippen LogP contribution in [0, 0.1) is 13.8 Å². The number of halogens is 3. The summed E-state index contributed by atoms with van der Waals surface area (Å²) in [6, 6.07) is 6.81. The fourth-order valence-corrected chi connectivity index (χ4v) is 4.11. The van der Waals surface area contributed by atoms with E-state index in [4.69, 9.17) is 5.73 Å². The number of carbonyl (C=O) groups excluding carboxylic acids is 2. The third-order valence-electron chi connectivity index (χ3n) is 5.79. The van der Waals surface area contributed by atoms with Gasteiger partial charge in [-0.25, -0.2) is 9.50 Å². The first kappa shape index (κ1) is 21.7. The number of alkyl halides is 3. The molecule has 0 unspecified atom stereocenters. The van der Waals surface area contributed by atoms with Gasteiger partial charge in [-0.2, -0.15) is 18.2 Å². The Morgan fingerprint density at radius 1 is 1.16 bits per heavy atom. The lowest BCUT2D eigenvalue weighted by atomic mass is 9.93. The van der Waals surface area contributed by atoms with Crippen LogP contribution in [0.5, 0.6) is 0 Å². The van der Waals surface area contributed by atoms with E-state index in [0.29, 0.717) is 23.4 Å². The van der Waals surface area contributed by atoms with E-state index >= 15 is 0 Å². The summed E-state index contributed by atoms with van der Waals surface area (Å²) in [4.78, 5) is 34.1. The number of hydrogen-bond acceptors (Lipinski definition) is 5. The molecule has 0 fully saturated rings. The number of hydrogen-bond donors (Lipinski definition) is 1. The fourth-order valence-electron chi connectivity index (χ4n) is 4.11. The van der Waals surface area contributed by atoms with Crippen LogP contribution in [0.25, 0.3) is 5.78 Å². The largest absolute Gasteiger partial charge is 0.453 e. The van der Waals surface area contributed by atoms with E-state index in [1.165, 1.54) is 4.90 Å². The summed E-state index contributed by atoms with van der Waals surface area (Å²) in [5, 5.41) is 3.52. The standard InChI is InChI=1S/C21H21F3N6O2/c1-11-15(12(2)30-20(26-11)27-19(28-30)21(22,23)24)7-8-17(31)29-10-14-6-4-3-5-13(14)9-16(29)18(25)32/h3-6,16H,7-10H2,1-2H3,(H2,25,32)/t16-/m0/s1. The van der Waals surface area contributed by atoms with Crippen molar-refractivity contribution in [2.75, 3.05) is 0 Å². The van der Waals surface area contributed by atoms with Crippen LogP contribution in [0.2, 0.25) is 0 Å². The van der Waals surface area contributed by atoms with Crippen molar-refractivity contribution in [3.8, 4) is 0 Å². The predicted molar refractivity (Wildman–Crippen MR) is 107 cm³/mol. The van der Waals surface area contributed by atoms with Gasteiger partial charge in [0.2, 0.25) is 11.8 Å².